The fourth-order valence-corrected chi connectivity index (χ4v) is 3.20. The lowest BCUT2D eigenvalue weighted by Gasteiger charge is -2.33. The number of carbonyl (C=O) groups is 2. The van der Waals surface area contributed by atoms with Crippen molar-refractivity contribution < 1.29 is 19.1 Å². The van der Waals surface area contributed by atoms with Crippen molar-refractivity contribution in [1.82, 2.24) is 10.2 Å². The predicted molar refractivity (Wildman–Crippen MR) is 88.3 cm³/mol. The van der Waals surface area contributed by atoms with Crippen LogP contribution >= 0.6 is 0 Å². The third-order valence-electron chi connectivity index (χ3n) is 4.60. The third kappa shape index (κ3) is 4.13. The van der Waals surface area contributed by atoms with Crippen molar-refractivity contribution in [2.24, 2.45) is 5.92 Å². The quantitative estimate of drug-likeness (QED) is 0.908. The van der Waals surface area contributed by atoms with E-state index in [1.54, 1.807) is 0 Å². The van der Waals surface area contributed by atoms with Crippen LogP contribution in [-0.4, -0.2) is 49.3 Å². The van der Waals surface area contributed by atoms with E-state index in [2.05, 4.69) is 5.32 Å². The second kappa shape index (κ2) is 7.77. The summed E-state index contributed by atoms with van der Waals surface area (Å²) in [4.78, 5) is 25.4. The smallest absolute Gasteiger partial charge is 0.253 e. The fourth-order valence-electron chi connectivity index (χ4n) is 3.20. The predicted octanol–water partition coefficient (Wildman–Crippen LogP) is 1.55. The molecule has 130 valence electrons. The summed E-state index contributed by atoms with van der Waals surface area (Å²) < 4.78 is 11.1. The van der Waals surface area contributed by atoms with Gasteiger partial charge in [-0.05, 0) is 30.5 Å². The second-order valence-electron chi connectivity index (χ2n) is 6.35. The van der Waals surface area contributed by atoms with Gasteiger partial charge in [-0.15, -0.1) is 0 Å². The highest BCUT2D eigenvalue weighted by Crippen LogP contribution is 2.26. The zero-order valence-corrected chi connectivity index (χ0v) is 14.0. The Balaban J connectivity index is 1.52. The zero-order chi connectivity index (χ0) is 16.9. The Hall–Kier alpha value is -1.92. The molecule has 2 aliphatic rings. The van der Waals surface area contributed by atoms with Gasteiger partial charge in [0, 0.05) is 38.0 Å². The number of benzene rings is 1. The van der Waals surface area contributed by atoms with Crippen LogP contribution in [0.25, 0.3) is 0 Å². The first-order chi connectivity index (χ1) is 11.6. The maximum absolute atomic E-state index is 12.6. The van der Waals surface area contributed by atoms with Gasteiger partial charge < -0.3 is 19.7 Å². The largest absolute Gasteiger partial charge is 0.352 e. The van der Waals surface area contributed by atoms with Crippen LogP contribution in [0.1, 0.15) is 35.7 Å². The maximum atomic E-state index is 12.6. The lowest BCUT2D eigenvalue weighted by molar-refractivity contribution is -0.119. The van der Waals surface area contributed by atoms with Crippen molar-refractivity contribution in [3.63, 3.8) is 0 Å². The number of likely N-dealkylation sites (tertiary alicyclic amines) is 1. The molecule has 0 saturated carbocycles. The van der Waals surface area contributed by atoms with Crippen LogP contribution < -0.4 is 5.32 Å². The number of hydrogen-bond donors (Lipinski definition) is 1. The van der Waals surface area contributed by atoms with Gasteiger partial charge in [0.25, 0.3) is 5.91 Å². The SMILES string of the molecule is CC(=O)NCc1ccc(C(=O)N2CCC(C3OCCO3)CC2)cc1. The molecule has 0 bridgehead atoms. The number of rotatable bonds is 4. The van der Waals surface area contributed by atoms with E-state index in [0.29, 0.717) is 31.2 Å². The minimum absolute atomic E-state index is 0.0618. The first-order valence-corrected chi connectivity index (χ1v) is 8.49. The molecular formula is C18H24N2O4. The number of nitrogens with one attached hydrogen (secondary N) is 1. The average Bonchev–Trinajstić information content (AvgIpc) is 3.14. The Bertz CT molecular complexity index is 573. The number of piperidine rings is 1. The average molecular weight is 332 g/mol. The van der Waals surface area contributed by atoms with Crippen molar-refractivity contribution in [2.75, 3.05) is 26.3 Å². The first-order valence-electron chi connectivity index (χ1n) is 8.49. The highest BCUT2D eigenvalue weighted by molar-refractivity contribution is 5.94. The molecule has 0 aromatic heterocycles. The van der Waals surface area contributed by atoms with E-state index in [1.807, 2.05) is 29.2 Å². The topological polar surface area (TPSA) is 67.9 Å². The van der Waals surface area contributed by atoms with Crippen LogP contribution in [-0.2, 0) is 20.8 Å². The molecule has 2 fully saturated rings. The van der Waals surface area contributed by atoms with Gasteiger partial charge in [-0.3, -0.25) is 9.59 Å². The van der Waals surface area contributed by atoms with E-state index in [0.717, 1.165) is 31.5 Å². The molecule has 3 rings (SSSR count). The summed E-state index contributed by atoms with van der Waals surface area (Å²) in [6.07, 6.45) is 1.74. The van der Waals surface area contributed by atoms with Gasteiger partial charge >= 0.3 is 0 Å². The number of hydrogen-bond acceptors (Lipinski definition) is 4. The Kier molecular flexibility index (Phi) is 5.48. The molecule has 6 heteroatoms. The normalized spacial score (nSPS) is 19.5. The second-order valence-corrected chi connectivity index (χ2v) is 6.35. The van der Waals surface area contributed by atoms with Crippen LogP contribution in [0.3, 0.4) is 0 Å². The van der Waals surface area contributed by atoms with E-state index < -0.39 is 0 Å². The molecule has 2 heterocycles. The Labute approximate surface area is 142 Å². The summed E-state index contributed by atoms with van der Waals surface area (Å²) >= 11 is 0. The Morgan fingerprint density at radius 3 is 2.33 bits per heavy atom. The van der Waals surface area contributed by atoms with Crippen molar-refractivity contribution in [2.45, 2.75) is 32.6 Å². The summed E-state index contributed by atoms with van der Waals surface area (Å²) in [5, 5.41) is 2.75. The summed E-state index contributed by atoms with van der Waals surface area (Å²) in [5.74, 6) is 0.387. The lowest BCUT2D eigenvalue weighted by atomic mass is 9.95. The van der Waals surface area contributed by atoms with Gasteiger partial charge in [-0.1, -0.05) is 12.1 Å². The van der Waals surface area contributed by atoms with E-state index in [-0.39, 0.29) is 18.1 Å². The van der Waals surface area contributed by atoms with Gasteiger partial charge in [0.1, 0.15) is 0 Å². The van der Waals surface area contributed by atoms with Crippen LogP contribution in [0.5, 0.6) is 0 Å². The molecule has 1 N–H and O–H groups in total. The van der Waals surface area contributed by atoms with Crippen LogP contribution in [0.2, 0.25) is 0 Å². The zero-order valence-electron chi connectivity index (χ0n) is 14.0. The molecule has 2 aliphatic heterocycles. The number of amides is 2. The molecule has 0 radical (unpaired) electrons. The van der Waals surface area contributed by atoms with Crippen molar-refractivity contribution in [3.8, 4) is 0 Å². The molecule has 0 unspecified atom stereocenters. The molecule has 6 nitrogen and oxygen atoms in total. The van der Waals surface area contributed by atoms with Crippen LogP contribution in [0.4, 0.5) is 0 Å². The minimum atomic E-state index is -0.0877. The summed E-state index contributed by atoms with van der Waals surface area (Å²) in [6.45, 7) is 4.80. The molecule has 2 saturated heterocycles. The van der Waals surface area contributed by atoms with Gasteiger partial charge in [0.2, 0.25) is 5.91 Å². The highest BCUT2D eigenvalue weighted by Gasteiger charge is 2.31. The molecule has 0 spiro atoms. The molecule has 1 aromatic carbocycles. The third-order valence-corrected chi connectivity index (χ3v) is 4.60. The minimum Gasteiger partial charge on any atom is -0.352 e. The highest BCUT2D eigenvalue weighted by atomic mass is 16.7. The van der Waals surface area contributed by atoms with Crippen LogP contribution in [0.15, 0.2) is 24.3 Å². The van der Waals surface area contributed by atoms with Gasteiger partial charge in [-0.2, -0.15) is 0 Å². The van der Waals surface area contributed by atoms with E-state index in [9.17, 15) is 9.59 Å². The molecular weight excluding hydrogens is 308 g/mol. The number of ether oxygens (including phenoxy) is 2. The van der Waals surface area contributed by atoms with Gasteiger partial charge in [0.05, 0.1) is 13.2 Å². The summed E-state index contributed by atoms with van der Waals surface area (Å²) in [5.41, 5.74) is 1.67. The first kappa shape index (κ1) is 16.9. The van der Waals surface area contributed by atoms with Gasteiger partial charge in [0.15, 0.2) is 6.29 Å². The number of carbonyl (C=O) groups excluding carboxylic acids is 2. The van der Waals surface area contributed by atoms with Gasteiger partial charge in [-0.25, -0.2) is 0 Å². The van der Waals surface area contributed by atoms with Crippen molar-refractivity contribution >= 4 is 11.8 Å². The lowest BCUT2D eigenvalue weighted by Crippen LogP contribution is -2.41. The summed E-state index contributed by atoms with van der Waals surface area (Å²) in [7, 11) is 0. The van der Waals surface area contributed by atoms with E-state index in [4.69, 9.17) is 9.47 Å². The Morgan fingerprint density at radius 2 is 1.75 bits per heavy atom. The van der Waals surface area contributed by atoms with Crippen molar-refractivity contribution in [3.05, 3.63) is 35.4 Å². The monoisotopic (exact) mass is 332 g/mol. The maximum Gasteiger partial charge on any atom is 0.253 e. The molecule has 0 atom stereocenters. The van der Waals surface area contributed by atoms with Crippen LogP contribution in [0, 0.1) is 5.92 Å². The number of nitrogens with zero attached hydrogens (tertiary/aromatic N) is 1. The molecule has 1 aromatic rings. The Morgan fingerprint density at radius 1 is 1.12 bits per heavy atom. The van der Waals surface area contributed by atoms with E-state index >= 15 is 0 Å². The van der Waals surface area contributed by atoms with E-state index in [1.165, 1.54) is 6.92 Å². The summed E-state index contributed by atoms with van der Waals surface area (Å²) in [6, 6.07) is 7.43. The molecule has 0 aliphatic carbocycles. The fraction of sp³-hybridized carbons (Fsp3) is 0.556. The molecule has 24 heavy (non-hydrogen) atoms. The van der Waals surface area contributed by atoms with Crippen molar-refractivity contribution in [1.29, 1.82) is 0 Å². The standard InChI is InChI=1S/C18H24N2O4/c1-13(21)19-12-14-2-4-15(5-3-14)17(22)20-8-6-16(7-9-20)18-23-10-11-24-18/h2-5,16,18H,6-12H2,1H3,(H,19,21). The molecule has 2 amide bonds.